The molecule has 3 atom stereocenters. The molecule has 0 spiro atoms. The van der Waals surface area contributed by atoms with Crippen molar-refractivity contribution in [3.8, 4) is 6.07 Å². The van der Waals surface area contributed by atoms with Gasteiger partial charge in [0, 0.05) is 0 Å². The van der Waals surface area contributed by atoms with E-state index in [1.807, 2.05) is 0 Å². The summed E-state index contributed by atoms with van der Waals surface area (Å²) < 4.78 is 0. The third kappa shape index (κ3) is 3.37. The number of nitrogens with zero attached hydrogens (tertiary/aromatic N) is 1. The molecule has 0 bridgehead atoms. The molecule has 0 amide bonds. The molecule has 1 saturated carbocycles. The second-order valence-electron chi connectivity index (χ2n) is 7.06. The molecule has 1 aliphatic rings. The van der Waals surface area contributed by atoms with Crippen molar-refractivity contribution >= 4 is 0 Å². The monoisotopic (exact) mass is 309 g/mol. The van der Waals surface area contributed by atoms with Gasteiger partial charge in [-0.25, -0.2) is 0 Å². The molecule has 0 saturated heterocycles. The van der Waals surface area contributed by atoms with Gasteiger partial charge < -0.3 is 0 Å². The molecule has 1 heteroatoms. The zero-order valence-corrected chi connectivity index (χ0v) is 14.8. The third-order valence-electron chi connectivity index (χ3n) is 5.81. The van der Waals surface area contributed by atoms with Gasteiger partial charge in [0.1, 0.15) is 0 Å². The normalized spacial score (nSPS) is 23.4. The second-order valence-corrected chi connectivity index (χ2v) is 7.06. The molecule has 1 nitrogen and oxygen atoms in total. The van der Waals surface area contributed by atoms with Crippen molar-refractivity contribution in [3.63, 3.8) is 0 Å². The Hall–Kier alpha value is -1.55. The molecular formula is C22H31N. The van der Waals surface area contributed by atoms with E-state index in [9.17, 15) is 5.26 Å². The lowest BCUT2D eigenvalue weighted by Gasteiger charge is -2.42. The Morgan fingerprint density at radius 1 is 1.22 bits per heavy atom. The minimum Gasteiger partial charge on any atom is -0.197 e. The van der Waals surface area contributed by atoms with E-state index >= 15 is 0 Å². The Bertz CT molecular complexity index is 521. The van der Waals surface area contributed by atoms with Crippen molar-refractivity contribution < 1.29 is 0 Å². The van der Waals surface area contributed by atoms with Crippen LogP contribution >= 0.6 is 0 Å². The maximum absolute atomic E-state index is 10.4. The van der Waals surface area contributed by atoms with E-state index in [2.05, 4.69) is 62.9 Å². The summed E-state index contributed by atoms with van der Waals surface area (Å²) in [6.45, 7) is 8.57. The molecule has 3 unspecified atom stereocenters. The smallest absolute Gasteiger partial charge is 0.0884 e. The Balaban J connectivity index is 2.56. The first-order valence-corrected chi connectivity index (χ1v) is 9.33. The van der Waals surface area contributed by atoms with Gasteiger partial charge in [-0.15, -0.1) is 6.58 Å². The average Bonchev–Trinajstić information content (AvgIpc) is 3.06. The number of allylic oxidation sites excluding steroid dienone is 1. The summed E-state index contributed by atoms with van der Waals surface area (Å²) >= 11 is 0. The van der Waals surface area contributed by atoms with Crippen LogP contribution in [0.2, 0.25) is 0 Å². The quantitative estimate of drug-likeness (QED) is 0.519. The maximum Gasteiger partial charge on any atom is 0.0884 e. The maximum atomic E-state index is 10.4. The summed E-state index contributed by atoms with van der Waals surface area (Å²) in [5.74, 6) is 1.33. The fourth-order valence-corrected chi connectivity index (χ4v) is 4.84. The molecule has 0 N–H and O–H groups in total. The summed E-state index contributed by atoms with van der Waals surface area (Å²) in [7, 11) is 0. The van der Waals surface area contributed by atoms with Gasteiger partial charge in [0.05, 0.1) is 11.5 Å². The van der Waals surface area contributed by atoms with Crippen LogP contribution in [0.5, 0.6) is 0 Å². The molecule has 1 fully saturated rings. The van der Waals surface area contributed by atoms with Crippen molar-refractivity contribution in [2.24, 2.45) is 17.8 Å². The van der Waals surface area contributed by atoms with Gasteiger partial charge in [0.15, 0.2) is 0 Å². The van der Waals surface area contributed by atoms with Crippen molar-refractivity contribution in [1.29, 1.82) is 5.26 Å². The molecule has 0 aliphatic heterocycles. The number of rotatable bonds is 8. The summed E-state index contributed by atoms with van der Waals surface area (Å²) in [5, 5.41) is 10.4. The zero-order valence-electron chi connectivity index (χ0n) is 14.8. The van der Waals surface area contributed by atoms with Crippen molar-refractivity contribution in [2.45, 2.75) is 64.2 Å². The fraction of sp³-hybridized carbons (Fsp3) is 0.591. The lowest BCUT2D eigenvalue weighted by Crippen LogP contribution is -2.43. The molecule has 2 rings (SSSR count). The van der Waals surface area contributed by atoms with E-state index < -0.39 is 0 Å². The summed E-state index contributed by atoms with van der Waals surface area (Å²) in [4.78, 5) is 0. The van der Waals surface area contributed by atoms with E-state index in [1.165, 1.54) is 18.4 Å². The van der Waals surface area contributed by atoms with Crippen LogP contribution in [0, 0.1) is 29.1 Å². The van der Waals surface area contributed by atoms with Gasteiger partial charge in [-0.3, -0.25) is 0 Å². The molecule has 1 aromatic carbocycles. The summed E-state index contributed by atoms with van der Waals surface area (Å²) in [6.07, 6.45) is 10.2. The van der Waals surface area contributed by atoms with Crippen LogP contribution in [-0.2, 0) is 5.41 Å². The molecule has 23 heavy (non-hydrogen) atoms. The Morgan fingerprint density at radius 2 is 1.87 bits per heavy atom. The molecule has 0 aromatic heterocycles. The van der Waals surface area contributed by atoms with E-state index in [4.69, 9.17) is 0 Å². The minimum absolute atomic E-state index is 0.358. The van der Waals surface area contributed by atoms with Gasteiger partial charge in [0.2, 0.25) is 0 Å². The van der Waals surface area contributed by atoms with Crippen LogP contribution < -0.4 is 0 Å². The highest BCUT2D eigenvalue weighted by atomic mass is 14.5. The molecule has 0 heterocycles. The topological polar surface area (TPSA) is 23.8 Å². The summed E-state index contributed by atoms with van der Waals surface area (Å²) in [5.41, 5.74) is 0.871. The van der Waals surface area contributed by atoms with Gasteiger partial charge >= 0.3 is 0 Å². The highest BCUT2D eigenvalue weighted by molar-refractivity contribution is 5.36. The lowest BCUT2D eigenvalue weighted by molar-refractivity contribution is 0.184. The SMILES string of the molecule is C=CC1CCCC1C(C#N)(c1ccccc1)C(CCC)CCC. The highest BCUT2D eigenvalue weighted by Crippen LogP contribution is 2.52. The molecule has 0 radical (unpaired) electrons. The predicted molar refractivity (Wildman–Crippen MR) is 98.1 cm³/mol. The Morgan fingerprint density at radius 3 is 2.39 bits per heavy atom. The van der Waals surface area contributed by atoms with Crippen LogP contribution in [0.4, 0.5) is 0 Å². The first kappa shape index (κ1) is 17.8. The van der Waals surface area contributed by atoms with Gasteiger partial charge in [0.25, 0.3) is 0 Å². The predicted octanol–water partition coefficient (Wildman–Crippen LogP) is 6.27. The Labute approximate surface area is 142 Å². The van der Waals surface area contributed by atoms with Gasteiger partial charge in [-0.2, -0.15) is 5.26 Å². The number of hydrogen-bond donors (Lipinski definition) is 0. The lowest BCUT2D eigenvalue weighted by atomic mass is 9.58. The van der Waals surface area contributed by atoms with Gasteiger partial charge in [-0.05, 0) is 49.0 Å². The minimum atomic E-state index is -0.358. The molecule has 1 aromatic rings. The largest absolute Gasteiger partial charge is 0.197 e. The van der Waals surface area contributed by atoms with Gasteiger partial charge in [-0.1, -0.05) is 69.5 Å². The van der Waals surface area contributed by atoms with Crippen LogP contribution in [0.1, 0.15) is 64.4 Å². The van der Waals surface area contributed by atoms with E-state index in [1.54, 1.807) is 0 Å². The van der Waals surface area contributed by atoms with Crippen LogP contribution in [0.15, 0.2) is 43.0 Å². The van der Waals surface area contributed by atoms with E-state index in [-0.39, 0.29) is 5.41 Å². The average molecular weight is 309 g/mol. The van der Waals surface area contributed by atoms with Crippen molar-refractivity contribution in [2.75, 3.05) is 0 Å². The summed E-state index contributed by atoms with van der Waals surface area (Å²) in [6, 6.07) is 13.5. The fourth-order valence-electron chi connectivity index (χ4n) is 4.84. The highest BCUT2D eigenvalue weighted by Gasteiger charge is 2.50. The molecular weight excluding hydrogens is 278 g/mol. The van der Waals surface area contributed by atoms with E-state index in [0.717, 1.165) is 32.1 Å². The van der Waals surface area contributed by atoms with E-state index in [0.29, 0.717) is 17.8 Å². The number of hydrogen-bond acceptors (Lipinski definition) is 1. The number of benzene rings is 1. The number of nitriles is 1. The van der Waals surface area contributed by atoms with Crippen molar-refractivity contribution in [3.05, 3.63) is 48.6 Å². The second kappa shape index (κ2) is 8.34. The first-order valence-electron chi connectivity index (χ1n) is 9.33. The van der Waals surface area contributed by atoms with Crippen molar-refractivity contribution in [1.82, 2.24) is 0 Å². The van der Waals surface area contributed by atoms with Crippen LogP contribution in [0.3, 0.4) is 0 Å². The standard InChI is InChI=1S/C22H31N/c1-4-11-19(12-5-2)22(17-23,20-14-8-7-9-15-20)21-16-10-13-18(21)6-3/h6-9,14-15,18-19,21H,3-5,10-13,16H2,1-2H3. The first-order chi connectivity index (χ1) is 11.2. The third-order valence-corrected chi connectivity index (χ3v) is 5.81. The molecule has 1 aliphatic carbocycles. The Kier molecular flexibility index (Phi) is 6.46. The van der Waals surface area contributed by atoms with Crippen LogP contribution in [-0.4, -0.2) is 0 Å². The van der Waals surface area contributed by atoms with Crippen LogP contribution in [0.25, 0.3) is 0 Å². The molecule has 124 valence electrons. The zero-order chi connectivity index (χ0) is 16.7.